The second-order valence-electron chi connectivity index (χ2n) is 6.75. The molecule has 2 aromatic rings. The molecule has 9 nitrogen and oxygen atoms in total. The number of nitrogens with zero attached hydrogens (tertiary/aromatic N) is 3. The lowest BCUT2D eigenvalue weighted by Crippen LogP contribution is -2.42. The first kappa shape index (κ1) is 24.9. The van der Waals surface area contributed by atoms with Crippen LogP contribution in [0.25, 0.3) is 0 Å². The van der Waals surface area contributed by atoms with Gasteiger partial charge in [0.05, 0.1) is 55.3 Å². The molecule has 1 unspecified atom stereocenters. The van der Waals surface area contributed by atoms with E-state index in [0.29, 0.717) is 12.4 Å². The summed E-state index contributed by atoms with van der Waals surface area (Å²) in [5.41, 5.74) is 6.21. The average molecular weight is 543 g/mol. The van der Waals surface area contributed by atoms with Crippen molar-refractivity contribution >= 4 is 81.5 Å². The van der Waals surface area contributed by atoms with Crippen molar-refractivity contribution in [1.82, 2.24) is 14.9 Å². The monoisotopic (exact) mass is 540 g/mol. The lowest BCUT2D eigenvalue weighted by Gasteiger charge is -2.20. The summed E-state index contributed by atoms with van der Waals surface area (Å²) in [5, 5.41) is 14.1. The minimum absolute atomic E-state index is 0.0286. The van der Waals surface area contributed by atoms with Crippen molar-refractivity contribution in [3.8, 4) is 0 Å². The first-order valence-electron chi connectivity index (χ1n) is 9.22. The lowest BCUT2D eigenvalue weighted by molar-refractivity contribution is -0.121. The molecule has 14 heteroatoms. The Morgan fingerprint density at radius 2 is 1.78 bits per heavy atom. The third kappa shape index (κ3) is 5.08. The van der Waals surface area contributed by atoms with E-state index in [9.17, 15) is 14.7 Å². The van der Waals surface area contributed by atoms with Gasteiger partial charge in [0.1, 0.15) is 0 Å². The van der Waals surface area contributed by atoms with Crippen LogP contribution in [0.15, 0.2) is 11.3 Å². The summed E-state index contributed by atoms with van der Waals surface area (Å²) < 4.78 is 1.76. The van der Waals surface area contributed by atoms with Gasteiger partial charge in [-0.25, -0.2) is 9.98 Å². The van der Waals surface area contributed by atoms with E-state index in [0.717, 1.165) is 5.69 Å². The number of Topliss-reactive ketones (excluding diaryl/α,β-unsaturated/α-hetero) is 1. The fraction of sp³-hybridized carbons (Fsp3) is 0.333. The molecule has 1 atom stereocenters. The van der Waals surface area contributed by atoms with Gasteiger partial charge in [0, 0.05) is 19.6 Å². The largest absolute Gasteiger partial charge is 0.396 e. The molecule has 0 saturated heterocycles. The highest BCUT2D eigenvalue weighted by atomic mass is 35.5. The number of nitrogens with one attached hydrogen (secondary N) is 2. The van der Waals surface area contributed by atoms with Crippen LogP contribution in [0.3, 0.4) is 0 Å². The smallest absolute Gasteiger partial charge is 0.222 e. The molecular weight excluding hydrogens is 526 g/mol. The molecule has 1 aromatic heterocycles. The minimum atomic E-state index is -1.11. The molecule has 0 fully saturated rings. The van der Waals surface area contributed by atoms with Crippen LogP contribution in [0.2, 0.25) is 25.1 Å². The molecule has 1 amide bonds. The quantitative estimate of drug-likeness (QED) is 0.229. The zero-order valence-corrected chi connectivity index (χ0v) is 20.0. The Balaban J connectivity index is 1.72. The van der Waals surface area contributed by atoms with Crippen LogP contribution >= 0.6 is 58.0 Å². The number of carbonyl (C=O) groups excluding carboxylic acids is 2. The highest BCUT2D eigenvalue weighted by Gasteiger charge is 2.30. The molecule has 1 aliphatic rings. The van der Waals surface area contributed by atoms with E-state index in [1.165, 1.54) is 0 Å². The predicted molar refractivity (Wildman–Crippen MR) is 125 cm³/mol. The first-order chi connectivity index (χ1) is 15.1. The van der Waals surface area contributed by atoms with E-state index < -0.39 is 17.7 Å². The fourth-order valence-corrected chi connectivity index (χ4v) is 4.40. The topological polar surface area (TPSA) is 135 Å². The number of carbonyl (C=O) groups is 2. The maximum Gasteiger partial charge on any atom is 0.222 e. The Bertz CT molecular complexity index is 1070. The zero-order chi connectivity index (χ0) is 23.6. The molecule has 172 valence electrons. The SMILES string of the molecule is NC1=NCc2c(ncn2CCC(=O)NC(CCO)C(=O)c2c(Cl)c(Cl)c(Cl)c(Cl)c2Cl)N1. The van der Waals surface area contributed by atoms with Gasteiger partial charge in [0.2, 0.25) is 5.91 Å². The molecule has 5 N–H and O–H groups in total. The molecule has 0 radical (unpaired) electrons. The summed E-state index contributed by atoms with van der Waals surface area (Å²) in [6.45, 7) is 0.239. The molecule has 32 heavy (non-hydrogen) atoms. The maximum absolute atomic E-state index is 13.1. The summed E-state index contributed by atoms with van der Waals surface area (Å²) in [5.74, 6) is -0.251. The van der Waals surface area contributed by atoms with Gasteiger partial charge in [0.15, 0.2) is 17.6 Å². The number of ketones is 1. The molecule has 1 aliphatic heterocycles. The van der Waals surface area contributed by atoms with E-state index in [2.05, 4.69) is 20.6 Å². The van der Waals surface area contributed by atoms with Gasteiger partial charge in [-0.1, -0.05) is 58.0 Å². The van der Waals surface area contributed by atoms with Crippen LogP contribution < -0.4 is 16.4 Å². The van der Waals surface area contributed by atoms with Crippen molar-refractivity contribution in [2.45, 2.75) is 32.0 Å². The van der Waals surface area contributed by atoms with Gasteiger partial charge in [-0.05, 0) is 6.42 Å². The van der Waals surface area contributed by atoms with Crippen LogP contribution in [0, 0.1) is 0 Å². The van der Waals surface area contributed by atoms with Gasteiger partial charge in [-0.2, -0.15) is 0 Å². The molecule has 2 heterocycles. The highest BCUT2D eigenvalue weighted by molar-refractivity contribution is 6.56. The van der Waals surface area contributed by atoms with Gasteiger partial charge in [0.25, 0.3) is 0 Å². The van der Waals surface area contributed by atoms with Crippen LogP contribution in [0.4, 0.5) is 5.82 Å². The number of aromatic nitrogens is 2. The van der Waals surface area contributed by atoms with Crippen LogP contribution in [0.5, 0.6) is 0 Å². The number of hydrogen-bond acceptors (Lipinski definition) is 7. The van der Waals surface area contributed by atoms with Crippen molar-refractivity contribution in [2.24, 2.45) is 10.7 Å². The Hall–Kier alpha value is -1.75. The number of aliphatic hydroxyl groups excluding tert-OH is 1. The number of aryl methyl sites for hydroxylation is 1. The number of amides is 1. The molecule has 3 rings (SSSR count). The number of aliphatic hydroxyl groups is 1. The molecule has 0 aliphatic carbocycles. The minimum Gasteiger partial charge on any atom is -0.396 e. The first-order valence-corrected chi connectivity index (χ1v) is 11.1. The highest BCUT2D eigenvalue weighted by Crippen LogP contribution is 2.44. The number of halogens is 5. The average Bonchev–Trinajstić information content (AvgIpc) is 3.16. The van der Waals surface area contributed by atoms with Crippen molar-refractivity contribution in [3.63, 3.8) is 0 Å². The number of fused-ring (bicyclic) bond motifs is 1. The number of rotatable bonds is 8. The Morgan fingerprint density at radius 3 is 2.41 bits per heavy atom. The lowest BCUT2D eigenvalue weighted by atomic mass is 10.0. The van der Waals surface area contributed by atoms with E-state index in [1.54, 1.807) is 10.9 Å². The number of aliphatic imine (C=N–C) groups is 1. The third-order valence-electron chi connectivity index (χ3n) is 4.70. The molecule has 0 spiro atoms. The van der Waals surface area contributed by atoms with Crippen molar-refractivity contribution in [1.29, 1.82) is 0 Å². The summed E-state index contributed by atoms with van der Waals surface area (Å²) in [6, 6.07) is -1.11. The van der Waals surface area contributed by atoms with Gasteiger partial charge >= 0.3 is 0 Å². The number of nitrogens with two attached hydrogens (primary N) is 1. The van der Waals surface area contributed by atoms with Crippen LogP contribution in [0.1, 0.15) is 28.9 Å². The Morgan fingerprint density at radius 1 is 1.16 bits per heavy atom. The molecular formula is C18H17Cl5N6O3. The number of hydrogen-bond donors (Lipinski definition) is 4. The summed E-state index contributed by atoms with van der Waals surface area (Å²) in [6.07, 6.45) is 1.51. The van der Waals surface area contributed by atoms with Crippen molar-refractivity contribution < 1.29 is 14.7 Å². The molecule has 0 saturated carbocycles. The Labute approximate surface area is 207 Å². The number of imidazole rings is 1. The fourth-order valence-electron chi connectivity index (χ4n) is 3.07. The third-order valence-corrected chi connectivity index (χ3v) is 6.97. The standard InChI is InChI=1S/C18H17Cl5N6O3/c19-11-10(12(20)14(22)15(23)13(11)21)16(32)7(2-4-30)27-9(31)1-3-29-6-26-17-8(29)5-25-18(24)28-17/h6-7,30H,1-5H2,(H,27,31)(H3,24,25,28). The van der Waals surface area contributed by atoms with Crippen molar-refractivity contribution in [3.05, 3.63) is 42.7 Å². The van der Waals surface area contributed by atoms with Crippen LogP contribution in [-0.2, 0) is 17.9 Å². The van der Waals surface area contributed by atoms with E-state index >= 15 is 0 Å². The second kappa shape index (κ2) is 10.5. The van der Waals surface area contributed by atoms with Crippen molar-refractivity contribution in [2.75, 3.05) is 11.9 Å². The molecule has 0 bridgehead atoms. The van der Waals surface area contributed by atoms with E-state index in [4.69, 9.17) is 63.7 Å². The van der Waals surface area contributed by atoms with Gasteiger partial charge in [-0.15, -0.1) is 0 Å². The Kier molecular flexibility index (Phi) is 8.13. The van der Waals surface area contributed by atoms with Gasteiger partial charge in [-0.3, -0.25) is 9.59 Å². The van der Waals surface area contributed by atoms with Gasteiger partial charge < -0.3 is 26.0 Å². The normalized spacial score (nSPS) is 13.8. The maximum atomic E-state index is 13.1. The van der Waals surface area contributed by atoms with Crippen LogP contribution in [-0.4, -0.2) is 45.0 Å². The summed E-state index contributed by atoms with van der Waals surface area (Å²) in [4.78, 5) is 33.9. The number of anilines is 1. The summed E-state index contributed by atoms with van der Waals surface area (Å²) in [7, 11) is 0. The number of benzene rings is 1. The van der Waals surface area contributed by atoms with E-state index in [-0.39, 0.29) is 62.6 Å². The van der Waals surface area contributed by atoms with E-state index in [1.807, 2.05) is 0 Å². The predicted octanol–water partition coefficient (Wildman–Crippen LogP) is 3.53. The molecule has 1 aromatic carbocycles. The number of guanidine groups is 1. The second-order valence-corrected chi connectivity index (χ2v) is 8.64. The zero-order valence-electron chi connectivity index (χ0n) is 16.3. The summed E-state index contributed by atoms with van der Waals surface area (Å²) >= 11 is 30.4.